The number of benzene rings is 2. The number of imidazole rings is 1. The normalized spacial score (nSPS) is 31.4. The van der Waals surface area contributed by atoms with Crippen molar-refractivity contribution in [3.05, 3.63) is 91.5 Å². The van der Waals surface area contributed by atoms with Crippen molar-refractivity contribution in [3.63, 3.8) is 0 Å². The summed E-state index contributed by atoms with van der Waals surface area (Å²) >= 11 is 0. The third kappa shape index (κ3) is 6.21. The fraction of sp³-hybridized carbons (Fsp3) is 0.561. The van der Waals surface area contributed by atoms with Crippen molar-refractivity contribution in [1.29, 1.82) is 0 Å². The Balaban J connectivity index is 1.36. The zero-order chi connectivity index (χ0) is 33.5. The number of carbonyl (C=O) groups is 1. The average Bonchev–Trinajstić information content (AvgIpc) is 3.67. The number of rotatable bonds is 9. The van der Waals surface area contributed by atoms with Gasteiger partial charge in [-0.15, -0.1) is 0 Å². The van der Waals surface area contributed by atoms with Crippen molar-refractivity contribution >= 4 is 24.7 Å². The van der Waals surface area contributed by atoms with Gasteiger partial charge in [-0.05, 0) is 83.5 Å². The van der Waals surface area contributed by atoms with E-state index in [0.717, 1.165) is 57.9 Å². The first-order chi connectivity index (χ1) is 22.4. The maximum atomic E-state index is 12.7. The number of esters is 1. The summed E-state index contributed by atoms with van der Waals surface area (Å²) in [6.07, 6.45) is 14.4. The Morgan fingerprint density at radius 1 is 0.979 bits per heavy atom. The molecule has 252 valence electrons. The third-order valence-electron chi connectivity index (χ3n) is 12.8. The number of hydrogen-bond donors (Lipinski definition) is 0. The molecule has 6 rings (SSSR count). The van der Waals surface area contributed by atoms with Crippen LogP contribution in [0.25, 0.3) is 0 Å². The van der Waals surface area contributed by atoms with Crippen molar-refractivity contribution in [2.75, 3.05) is 0 Å². The predicted octanol–water partition coefficient (Wildman–Crippen LogP) is 8.34. The lowest BCUT2D eigenvalue weighted by Gasteiger charge is -2.57. The van der Waals surface area contributed by atoms with Crippen LogP contribution in [0.1, 0.15) is 92.9 Å². The first kappa shape index (κ1) is 33.9. The molecule has 0 spiro atoms. The largest absolute Gasteiger partial charge is 0.462 e. The lowest BCUT2D eigenvalue weighted by molar-refractivity contribution is -0.173. The Bertz CT molecular complexity index is 1480. The maximum Gasteiger partial charge on any atom is 0.302 e. The topological polar surface area (TPSA) is 53.4 Å². The van der Waals surface area contributed by atoms with Crippen LogP contribution in [0, 0.1) is 28.6 Å². The smallest absolute Gasteiger partial charge is 0.302 e. The van der Waals surface area contributed by atoms with E-state index >= 15 is 0 Å². The van der Waals surface area contributed by atoms with E-state index in [4.69, 9.17) is 9.16 Å². The molecule has 1 heterocycles. The number of nitrogens with zero attached hydrogens (tertiary/aromatic N) is 2. The Labute approximate surface area is 284 Å². The Morgan fingerprint density at radius 3 is 2.21 bits per heavy atom. The van der Waals surface area contributed by atoms with Crippen LogP contribution in [0.4, 0.5) is 0 Å². The van der Waals surface area contributed by atoms with Crippen molar-refractivity contribution in [2.24, 2.45) is 28.6 Å². The summed E-state index contributed by atoms with van der Waals surface area (Å²) in [6.45, 7) is 19.1. The molecule has 3 aromatic rings. The molecular formula is C41H56N2O3Si. The van der Waals surface area contributed by atoms with E-state index in [0.29, 0.717) is 17.8 Å². The van der Waals surface area contributed by atoms with Crippen molar-refractivity contribution in [1.82, 2.24) is 9.55 Å². The Hall–Kier alpha value is -2.96. The monoisotopic (exact) mass is 652 g/mol. The van der Waals surface area contributed by atoms with E-state index in [1.807, 2.05) is 12.5 Å². The fourth-order valence-corrected chi connectivity index (χ4v) is 14.9. The average molecular weight is 653 g/mol. The minimum Gasteiger partial charge on any atom is -0.462 e. The molecule has 0 unspecified atom stereocenters. The van der Waals surface area contributed by atoms with Crippen LogP contribution in [0.15, 0.2) is 91.5 Å². The molecular weight excluding hydrogens is 597 g/mol. The summed E-state index contributed by atoms with van der Waals surface area (Å²) in [6, 6.07) is 22.1. The summed E-state index contributed by atoms with van der Waals surface area (Å²) in [5, 5.41) is 2.61. The molecule has 5 nitrogen and oxygen atoms in total. The Kier molecular flexibility index (Phi) is 9.49. The van der Waals surface area contributed by atoms with E-state index in [9.17, 15) is 4.79 Å². The van der Waals surface area contributed by atoms with Crippen LogP contribution in [-0.4, -0.2) is 36.0 Å². The van der Waals surface area contributed by atoms with E-state index in [1.54, 1.807) is 6.92 Å². The SMILES string of the molecule is C=C1CC[C@H]2[C@H](OC(C)=O)[C@@H]([C@@]3(C)CC[C@H](O[Si](c4ccccc4)(c4ccccc4)C(C)(C)C)C[C@@H]3CCn3ccnc3)CC[C@]12C. The van der Waals surface area contributed by atoms with Gasteiger partial charge in [-0.2, -0.15) is 0 Å². The lowest BCUT2D eigenvalue weighted by Crippen LogP contribution is -2.68. The predicted molar refractivity (Wildman–Crippen MR) is 193 cm³/mol. The second-order valence-corrected chi connectivity index (χ2v) is 20.6. The van der Waals surface area contributed by atoms with Crippen molar-refractivity contribution < 1.29 is 14.0 Å². The number of aryl methyl sites for hydroxylation is 1. The van der Waals surface area contributed by atoms with Gasteiger partial charge >= 0.3 is 5.97 Å². The molecule has 0 N–H and O–H groups in total. The fourth-order valence-electron chi connectivity index (χ4n) is 10.1. The Morgan fingerprint density at radius 2 is 1.64 bits per heavy atom. The molecule has 3 saturated carbocycles. The molecule has 2 aromatic carbocycles. The minimum atomic E-state index is -2.69. The molecule has 6 heteroatoms. The molecule has 3 fully saturated rings. The first-order valence-electron chi connectivity index (χ1n) is 18.0. The van der Waals surface area contributed by atoms with Crippen LogP contribution in [0.2, 0.25) is 5.04 Å². The molecule has 3 aliphatic rings. The molecule has 0 bridgehead atoms. The first-order valence-corrected chi connectivity index (χ1v) is 19.9. The second kappa shape index (κ2) is 13.2. The van der Waals surface area contributed by atoms with Gasteiger partial charge < -0.3 is 13.7 Å². The van der Waals surface area contributed by atoms with E-state index in [2.05, 4.69) is 118 Å². The maximum absolute atomic E-state index is 12.7. The van der Waals surface area contributed by atoms with Crippen LogP contribution in [-0.2, 0) is 20.5 Å². The second-order valence-electron chi connectivity index (χ2n) is 16.4. The molecule has 0 aliphatic heterocycles. The van der Waals surface area contributed by atoms with E-state index < -0.39 is 8.32 Å². The van der Waals surface area contributed by atoms with Crippen LogP contribution in [0.5, 0.6) is 0 Å². The molecule has 1 aromatic heterocycles. The minimum absolute atomic E-state index is 0.0251. The summed E-state index contributed by atoms with van der Waals surface area (Å²) in [4.78, 5) is 17.0. The number of ether oxygens (including phenoxy) is 1. The molecule has 47 heavy (non-hydrogen) atoms. The van der Waals surface area contributed by atoms with E-state index in [1.165, 1.54) is 15.9 Å². The third-order valence-corrected chi connectivity index (χ3v) is 17.9. The van der Waals surface area contributed by atoms with Gasteiger partial charge in [0.1, 0.15) is 6.10 Å². The number of fused-ring (bicyclic) bond motifs is 1. The molecule has 3 aliphatic carbocycles. The van der Waals surface area contributed by atoms with Gasteiger partial charge in [0.05, 0.1) is 6.33 Å². The molecule has 0 amide bonds. The summed E-state index contributed by atoms with van der Waals surface area (Å²) in [5.74, 6) is 0.926. The molecule has 0 saturated heterocycles. The summed E-state index contributed by atoms with van der Waals surface area (Å²) in [5.41, 5.74) is 1.43. The van der Waals surface area contributed by atoms with Crippen LogP contribution in [0.3, 0.4) is 0 Å². The van der Waals surface area contributed by atoms with Gasteiger partial charge in [-0.3, -0.25) is 4.79 Å². The number of aromatic nitrogens is 2. The molecule has 0 radical (unpaired) electrons. The lowest BCUT2D eigenvalue weighted by atomic mass is 9.51. The van der Waals surface area contributed by atoms with Gasteiger partial charge in [0.15, 0.2) is 0 Å². The van der Waals surface area contributed by atoms with Gasteiger partial charge in [-0.25, -0.2) is 4.98 Å². The number of allylic oxidation sites excluding steroid dienone is 1. The highest BCUT2D eigenvalue weighted by Gasteiger charge is 2.59. The standard InChI is InChI=1S/C41H56N2O3Si/c1-30-18-19-36-38(45-31(2)44)37(21-24-40(30,36)6)41(7)23-20-33(28-32(41)22-26-43-27-25-42-29-43)46-47(39(3,4)5,34-14-10-8-11-15-34)35-16-12-9-13-17-35/h8-17,25,27,29,32-33,36-38H,1,18-24,26,28H2,2-7H3/t32-,33-,36-,37-,38-,40+,41-/m0/s1. The van der Waals surface area contributed by atoms with Gasteiger partial charge in [0.2, 0.25) is 0 Å². The van der Waals surface area contributed by atoms with Gasteiger partial charge in [0, 0.05) is 43.8 Å². The highest BCUT2D eigenvalue weighted by Crippen LogP contribution is 2.62. The van der Waals surface area contributed by atoms with Crippen LogP contribution >= 0.6 is 0 Å². The quantitative estimate of drug-likeness (QED) is 0.133. The highest BCUT2D eigenvalue weighted by atomic mass is 28.4. The van der Waals surface area contributed by atoms with E-state index in [-0.39, 0.29) is 34.0 Å². The van der Waals surface area contributed by atoms with Crippen LogP contribution < -0.4 is 10.4 Å². The zero-order valence-electron chi connectivity index (χ0n) is 29.6. The zero-order valence-corrected chi connectivity index (χ0v) is 30.6. The van der Waals surface area contributed by atoms with Crippen molar-refractivity contribution in [3.8, 4) is 0 Å². The van der Waals surface area contributed by atoms with Crippen molar-refractivity contribution in [2.45, 2.75) is 117 Å². The summed E-state index contributed by atoms with van der Waals surface area (Å²) < 4.78 is 16.4. The number of hydrogen-bond acceptors (Lipinski definition) is 4. The highest BCUT2D eigenvalue weighted by molar-refractivity contribution is 6.99. The summed E-state index contributed by atoms with van der Waals surface area (Å²) in [7, 11) is -2.69. The molecule has 7 atom stereocenters. The number of carbonyl (C=O) groups excluding carboxylic acids is 1. The van der Waals surface area contributed by atoms with Gasteiger partial charge in [0.25, 0.3) is 8.32 Å². The van der Waals surface area contributed by atoms with Gasteiger partial charge in [-0.1, -0.05) is 107 Å².